The third-order valence-corrected chi connectivity index (χ3v) is 6.58. The molecule has 1 heterocycles. The highest BCUT2D eigenvalue weighted by Gasteiger charge is 2.41. The summed E-state index contributed by atoms with van der Waals surface area (Å²) in [6.07, 6.45) is -4.12. The van der Waals surface area contributed by atoms with E-state index in [-0.39, 0.29) is 18.4 Å². The molecule has 0 saturated carbocycles. The lowest BCUT2D eigenvalue weighted by Gasteiger charge is -2.34. The van der Waals surface area contributed by atoms with Gasteiger partial charge in [-0.15, -0.1) is 0 Å². The molecule has 8 heteroatoms. The molecule has 1 saturated heterocycles. The lowest BCUT2D eigenvalue weighted by molar-refractivity contribution is -0.137. The van der Waals surface area contributed by atoms with Crippen LogP contribution < -0.4 is 5.32 Å². The zero-order valence-electron chi connectivity index (χ0n) is 15.0. The molecule has 4 nitrogen and oxygen atoms in total. The lowest BCUT2D eigenvalue weighted by atomic mass is 10.1. The Balaban J connectivity index is 1.98. The van der Waals surface area contributed by atoms with Gasteiger partial charge < -0.3 is 14.4 Å². The highest BCUT2D eigenvalue weighted by Crippen LogP contribution is 2.63. The van der Waals surface area contributed by atoms with Crippen molar-refractivity contribution in [2.45, 2.75) is 38.3 Å². The minimum atomic E-state index is -4.46. The van der Waals surface area contributed by atoms with E-state index in [4.69, 9.17) is 9.05 Å². The van der Waals surface area contributed by atoms with Crippen LogP contribution in [0.25, 0.3) is 0 Å². The predicted octanol–water partition coefficient (Wildman–Crippen LogP) is 6.14. The molecule has 0 aliphatic carbocycles. The first-order valence-electron chi connectivity index (χ1n) is 8.60. The summed E-state index contributed by atoms with van der Waals surface area (Å²) in [5.41, 5.74) is 1.03. The molecule has 0 radical (unpaired) electrons. The fourth-order valence-electron chi connectivity index (χ4n) is 2.85. The third kappa shape index (κ3) is 4.72. The van der Waals surface area contributed by atoms with Crippen molar-refractivity contribution in [3.63, 3.8) is 0 Å². The maximum Gasteiger partial charge on any atom is 0.416 e. The number of rotatable bonds is 4. The Morgan fingerprint density at radius 1 is 1.19 bits per heavy atom. The minimum Gasteiger partial charge on any atom is -0.368 e. The van der Waals surface area contributed by atoms with Crippen LogP contribution >= 0.6 is 7.60 Å². The fourth-order valence-corrected chi connectivity index (χ4v) is 5.00. The van der Waals surface area contributed by atoms with Gasteiger partial charge >= 0.3 is 13.8 Å². The quantitative estimate of drug-likeness (QED) is 0.627. The molecule has 1 fully saturated rings. The van der Waals surface area contributed by atoms with Crippen molar-refractivity contribution in [2.75, 3.05) is 11.9 Å². The minimum absolute atomic E-state index is 0.191. The van der Waals surface area contributed by atoms with Gasteiger partial charge in [0, 0.05) is 5.69 Å². The maximum atomic E-state index is 13.4. The normalized spacial score (nSPS) is 24.4. The van der Waals surface area contributed by atoms with Crippen LogP contribution in [0.5, 0.6) is 0 Å². The van der Waals surface area contributed by atoms with Crippen LogP contribution in [-0.2, 0) is 19.8 Å². The van der Waals surface area contributed by atoms with Gasteiger partial charge in [-0.3, -0.25) is 4.57 Å². The van der Waals surface area contributed by atoms with Crippen LogP contribution in [-0.4, -0.2) is 12.7 Å². The van der Waals surface area contributed by atoms with Gasteiger partial charge in [-0.25, -0.2) is 0 Å². The summed E-state index contributed by atoms with van der Waals surface area (Å²) in [5.74, 6) is -0.913. The fraction of sp³-hybridized carbons (Fsp3) is 0.368. The number of halogens is 3. The summed E-state index contributed by atoms with van der Waals surface area (Å²) < 4.78 is 63.6. The average Bonchev–Trinajstić information content (AvgIpc) is 2.60. The zero-order valence-corrected chi connectivity index (χ0v) is 15.9. The van der Waals surface area contributed by atoms with E-state index >= 15 is 0 Å². The second kappa shape index (κ2) is 7.66. The molecule has 3 rings (SSSR count). The van der Waals surface area contributed by atoms with Gasteiger partial charge in [0.1, 0.15) is 0 Å². The Hall–Kier alpha value is -1.82. The van der Waals surface area contributed by atoms with Gasteiger partial charge in [0.15, 0.2) is 5.78 Å². The van der Waals surface area contributed by atoms with Gasteiger partial charge in [-0.2, -0.15) is 13.2 Å². The molecule has 1 N–H and O–H groups in total. The number of hydrogen-bond donors (Lipinski definition) is 1. The molecule has 3 atom stereocenters. The number of alkyl halides is 3. The summed E-state index contributed by atoms with van der Waals surface area (Å²) in [4.78, 5) is 0. The number of anilines is 1. The lowest BCUT2D eigenvalue weighted by Crippen LogP contribution is -2.23. The molecular formula is C19H21F3NO3P. The van der Waals surface area contributed by atoms with Crippen LogP contribution in [0, 0.1) is 6.92 Å². The Bertz CT molecular complexity index is 839. The van der Waals surface area contributed by atoms with E-state index in [1.54, 1.807) is 19.1 Å². The molecular weight excluding hydrogens is 378 g/mol. The van der Waals surface area contributed by atoms with Crippen molar-refractivity contribution < 1.29 is 26.8 Å². The summed E-state index contributed by atoms with van der Waals surface area (Å²) in [6, 6.07) is 12.0. The van der Waals surface area contributed by atoms with Gasteiger partial charge in [0.2, 0.25) is 0 Å². The van der Waals surface area contributed by atoms with E-state index in [0.717, 1.165) is 17.7 Å². The first-order valence-corrected chi connectivity index (χ1v) is 10.2. The van der Waals surface area contributed by atoms with Crippen molar-refractivity contribution >= 4 is 13.3 Å². The Morgan fingerprint density at radius 2 is 1.89 bits per heavy atom. The number of benzene rings is 2. The first-order chi connectivity index (χ1) is 12.7. The van der Waals surface area contributed by atoms with E-state index in [1.165, 1.54) is 12.1 Å². The van der Waals surface area contributed by atoms with Crippen molar-refractivity contribution in [3.8, 4) is 0 Å². The maximum absolute atomic E-state index is 13.4. The summed E-state index contributed by atoms with van der Waals surface area (Å²) in [6.45, 7) is 3.98. The summed E-state index contributed by atoms with van der Waals surface area (Å²) in [5, 5.41) is 2.94. The van der Waals surface area contributed by atoms with Gasteiger partial charge in [0.05, 0.1) is 18.3 Å². The molecule has 0 aromatic heterocycles. The van der Waals surface area contributed by atoms with Crippen molar-refractivity contribution in [1.82, 2.24) is 0 Å². The van der Waals surface area contributed by atoms with E-state index in [9.17, 15) is 17.7 Å². The summed E-state index contributed by atoms with van der Waals surface area (Å²) in [7, 11) is -3.63. The van der Waals surface area contributed by atoms with Crippen LogP contribution in [0.2, 0.25) is 0 Å². The molecule has 1 aliphatic heterocycles. The standard InChI is InChI=1S/C19H21F3NO3P/c1-13-6-8-15(9-7-13)18(27(24)25-11-10-14(2)26-27)23-17-5-3-4-16(12-17)19(20,21)22/h3-9,12,14,18,23H,10-11H2,1-2H3/t14-,18+,27-/m0/s1. The molecule has 0 unspecified atom stereocenters. The van der Waals surface area contributed by atoms with Crippen molar-refractivity contribution in [1.29, 1.82) is 0 Å². The molecule has 0 bridgehead atoms. The molecule has 0 spiro atoms. The largest absolute Gasteiger partial charge is 0.416 e. The van der Waals surface area contributed by atoms with E-state index in [0.29, 0.717) is 12.0 Å². The SMILES string of the molecule is Cc1ccc([C@H](Nc2cccc(C(F)(F)F)c2)[P@]2(=O)OCC[C@H](C)O2)cc1. The molecule has 0 amide bonds. The number of aryl methyl sites for hydroxylation is 1. The Labute approximate surface area is 156 Å². The average molecular weight is 399 g/mol. The number of hydrogen-bond acceptors (Lipinski definition) is 4. The molecule has 27 heavy (non-hydrogen) atoms. The monoisotopic (exact) mass is 399 g/mol. The third-order valence-electron chi connectivity index (χ3n) is 4.33. The van der Waals surface area contributed by atoms with Crippen molar-refractivity contribution in [3.05, 3.63) is 65.2 Å². The second-order valence-electron chi connectivity index (χ2n) is 6.61. The van der Waals surface area contributed by atoms with E-state index < -0.39 is 25.1 Å². The summed E-state index contributed by atoms with van der Waals surface area (Å²) >= 11 is 0. The topological polar surface area (TPSA) is 47.6 Å². The van der Waals surface area contributed by atoms with Crippen LogP contribution in [0.4, 0.5) is 18.9 Å². The molecule has 2 aromatic carbocycles. The van der Waals surface area contributed by atoms with Gasteiger partial charge in [0.25, 0.3) is 0 Å². The molecule has 2 aromatic rings. The molecule has 146 valence electrons. The Morgan fingerprint density at radius 3 is 2.52 bits per heavy atom. The predicted molar refractivity (Wildman–Crippen MR) is 97.7 cm³/mol. The van der Waals surface area contributed by atoms with Gasteiger partial charge in [-0.05, 0) is 44.0 Å². The Kier molecular flexibility index (Phi) is 5.65. The first kappa shape index (κ1) is 19.9. The number of nitrogens with one attached hydrogen (secondary N) is 1. The van der Waals surface area contributed by atoms with Crippen LogP contribution in [0.15, 0.2) is 48.5 Å². The second-order valence-corrected chi connectivity index (χ2v) is 8.68. The van der Waals surface area contributed by atoms with E-state index in [1.807, 2.05) is 19.1 Å². The highest BCUT2D eigenvalue weighted by atomic mass is 31.2. The smallest absolute Gasteiger partial charge is 0.368 e. The van der Waals surface area contributed by atoms with Gasteiger partial charge in [-0.1, -0.05) is 35.9 Å². The highest BCUT2D eigenvalue weighted by molar-refractivity contribution is 7.54. The zero-order chi connectivity index (χ0) is 19.7. The van der Waals surface area contributed by atoms with Crippen LogP contribution in [0.3, 0.4) is 0 Å². The van der Waals surface area contributed by atoms with Crippen LogP contribution in [0.1, 0.15) is 35.8 Å². The molecule has 1 aliphatic rings. The van der Waals surface area contributed by atoms with Crippen molar-refractivity contribution in [2.24, 2.45) is 0 Å². The van der Waals surface area contributed by atoms with E-state index in [2.05, 4.69) is 5.32 Å².